The zero-order valence-corrected chi connectivity index (χ0v) is 13.1. The summed E-state index contributed by atoms with van der Waals surface area (Å²) in [6.45, 7) is 2.12. The minimum atomic E-state index is 0. The molecule has 0 aliphatic heterocycles. The van der Waals surface area contributed by atoms with Gasteiger partial charge in [0.05, 0.1) is 0 Å². The topological polar surface area (TPSA) is 0 Å². The average molecular weight is 370 g/mol. The van der Waals surface area contributed by atoms with Crippen LogP contribution in [0.15, 0.2) is 34.8 Å². The molecule has 0 N–H and O–H groups in total. The summed E-state index contributed by atoms with van der Waals surface area (Å²) in [6, 6.07) is 10.7. The molecule has 2 rings (SSSR count). The van der Waals surface area contributed by atoms with Crippen molar-refractivity contribution < 1.29 is 51.0 Å². The van der Waals surface area contributed by atoms with E-state index in [1.165, 1.54) is 20.8 Å². The van der Waals surface area contributed by atoms with Crippen LogP contribution in [0.5, 0.6) is 0 Å². The van der Waals surface area contributed by atoms with Crippen LogP contribution in [0.25, 0.3) is 10.8 Å². The van der Waals surface area contributed by atoms with E-state index in [1.54, 1.807) is 0 Å². The van der Waals surface area contributed by atoms with Gasteiger partial charge in [-0.2, -0.15) is 6.07 Å². The van der Waals surface area contributed by atoms with E-state index in [9.17, 15) is 0 Å². The standard InChI is InChI=1S/C10H8Br.2ClH.Zr/c1-7-5-8-3-2-4-10(11)9(8)6-7;;;/h2-6H,1H3;2*1H;/q-1;;;+3/p-2. The fourth-order valence-electron chi connectivity index (χ4n) is 1.35. The Balaban J connectivity index is 0. The van der Waals surface area contributed by atoms with E-state index < -0.39 is 0 Å². The molecule has 0 saturated carbocycles. The van der Waals surface area contributed by atoms with E-state index in [0.717, 1.165) is 0 Å². The summed E-state index contributed by atoms with van der Waals surface area (Å²) in [5, 5.41) is 2.63. The van der Waals surface area contributed by atoms with Gasteiger partial charge in [0, 0.05) is 0 Å². The Morgan fingerprint density at radius 2 is 1.86 bits per heavy atom. The van der Waals surface area contributed by atoms with Crippen molar-refractivity contribution >= 4 is 26.7 Å². The third-order valence-electron chi connectivity index (χ3n) is 1.84. The van der Waals surface area contributed by atoms with Gasteiger partial charge in [-0.3, -0.25) is 0 Å². The van der Waals surface area contributed by atoms with Crippen molar-refractivity contribution in [1.82, 2.24) is 0 Å². The van der Waals surface area contributed by atoms with Gasteiger partial charge in [0.2, 0.25) is 0 Å². The SMILES string of the molecule is Cc1cc2c(Br)cccc2[cH-]1.[Cl-].[Cl-].[Zr+3]. The Hall–Kier alpha value is 0.773. The van der Waals surface area contributed by atoms with Crippen molar-refractivity contribution in [2.45, 2.75) is 6.92 Å². The maximum atomic E-state index is 3.51. The molecule has 0 saturated heterocycles. The van der Waals surface area contributed by atoms with Gasteiger partial charge in [0.25, 0.3) is 0 Å². The van der Waals surface area contributed by atoms with Crippen LogP contribution in [0.1, 0.15) is 5.56 Å². The fraction of sp³-hybridized carbons (Fsp3) is 0.100. The molecular formula is C10H8BrCl2Zr. The van der Waals surface area contributed by atoms with Crippen molar-refractivity contribution in [2.75, 3.05) is 0 Å². The monoisotopic (exact) mass is 367 g/mol. The first-order chi connectivity index (χ1) is 5.27. The molecule has 73 valence electrons. The molecule has 14 heavy (non-hydrogen) atoms. The van der Waals surface area contributed by atoms with Gasteiger partial charge in [0.1, 0.15) is 0 Å². The van der Waals surface area contributed by atoms with Gasteiger partial charge in [-0.15, -0.1) is 34.5 Å². The van der Waals surface area contributed by atoms with Crippen molar-refractivity contribution in [3.8, 4) is 0 Å². The van der Waals surface area contributed by atoms with Gasteiger partial charge in [0.15, 0.2) is 0 Å². The Bertz CT molecular complexity index is 398. The van der Waals surface area contributed by atoms with E-state index in [1.807, 2.05) is 0 Å². The molecule has 2 aromatic rings. The quantitative estimate of drug-likeness (QED) is 0.455. The number of hydrogen-bond acceptors (Lipinski definition) is 0. The van der Waals surface area contributed by atoms with Crippen LogP contribution in [-0.2, 0) is 26.2 Å². The van der Waals surface area contributed by atoms with Gasteiger partial charge in [-0.05, 0) is 4.47 Å². The number of aryl methyl sites for hydroxylation is 1. The number of halogens is 3. The second kappa shape index (κ2) is 7.11. The average Bonchev–Trinajstić information content (AvgIpc) is 2.31. The second-order valence-corrected chi connectivity index (χ2v) is 3.63. The van der Waals surface area contributed by atoms with Crippen molar-refractivity contribution in [3.05, 3.63) is 40.4 Å². The maximum absolute atomic E-state index is 3.51. The summed E-state index contributed by atoms with van der Waals surface area (Å²) in [5.74, 6) is 0. The van der Waals surface area contributed by atoms with E-state index in [2.05, 4.69) is 53.2 Å². The molecule has 0 atom stereocenters. The summed E-state index contributed by atoms with van der Waals surface area (Å²) in [4.78, 5) is 0. The Kier molecular flexibility index (Phi) is 8.73. The predicted molar refractivity (Wildman–Crippen MR) is 52.0 cm³/mol. The summed E-state index contributed by atoms with van der Waals surface area (Å²) in [5.41, 5.74) is 1.33. The zero-order valence-electron chi connectivity index (χ0n) is 7.52. The van der Waals surface area contributed by atoms with E-state index in [0.29, 0.717) is 0 Å². The first kappa shape index (κ1) is 17.2. The van der Waals surface area contributed by atoms with Crippen LogP contribution in [-0.4, -0.2) is 0 Å². The molecule has 1 radical (unpaired) electrons. The number of hydrogen-bond donors (Lipinski definition) is 0. The summed E-state index contributed by atoms with van der Waals surface area (Å²) < 4.78 is 1.18. The van der Waals surface area contributed by atoms with Crippen LogP contribution < -0.4 is 24.8 Å². The minimum absolute atomic E-state index is 0. The molecule has 2 aromatic carbocycles. The first-order valence-electron chi connectivity index (χ1n) is 3.59. The molecule has 0 aliphatic carbocycles. The molecule has 0 nitrogen and oxygen atoms in total. The zero-order chi connectivity index (χ0) is 7.84. The van der Waals surface area contributed by atoms with Crippen molar-refractivity contribution in [1.29, 1.82) is 0 Å². The van der Waals surface area contributed by atoms with Crippen LogP contribution >= 0.6 is 15.9 Å². The normalized spacial score (nSPS) is 8.43. The molecule has 0 aromatic heterocycles. The molecule has 0 aliphatic rings. The molecule has 0 fully saturated rings. The molecule has 0 bridgehead atoms. The van der Waals surface area contributed by atoms with Crippen LogP contribution in [0.2, 0.25) is 0 Å². The van der Waals surface area contributed by atoms with Gasteiger partial charge < -0.3 is 24.8 Å². The van der Waals surface area contributed by atoms with Crippen LogP contribution in [0, 0.1) is 6.92 Å². The predicted octanol–water partition coefficient (Wildman–Crippen LogP) is -2.36. The third-order valence-corrected chi connectivity index (χ3v) is 2.53. The fourth-order valence-corrected chi connectivity index (χ4v) is 1.84. The summed E-state index contributed by atoms with van der Waals surface area (Å²) >= 11 is 3.51. The smallest absolute Gasteiger partial charge is 1.00 e. The molecule has 0 unspecified atom stereocenters. The minimum Gasteiger partial charge on any atom is -1.00 e. The third kappa shape index (κ3) is 3.41. The maximum Gasteiger partial charge on any atom is 3.00 e. The van der Waals surface area contributed by atoms with Crippen LogP contribution in [0.4, 0.5) is 0 Å². The van der Waals surface area contributed by atoms with Gasteiger partial charge in [-0.25, -0.2) is 0 Å². The van der Waals surface area contributed by atoms with E-state index in [-0.39, 0.29) is 51.0 Å². The molecule has 0 heterocycles. The number of rotatable bonds is 0. The first-order valence-corrected chi connectivity index (χ1v) is 4.38. The van der Waals surface area contributed by atoms with Crippen molar-refractivity contribution in [2.24, 2.45) is 0 Å². The summed E-state index contributed by atoms with van der Waals surface area (Å²) in [6.07, 6.45) is 0. The number of benzene rings is 1. The molecule has 0 amide bonds. The van der Waals surface area contributed by atoms with E-state index >= 15 is 0 Å². The summed E-state index contributed by atoms with van der Waals surface area (Å²) in [7, 11) is 0. The Morgan fingerprint density at radius 1 is 1.21 bits per heavy atom. The molecule has 4 heteroatoms. The van der Waals surface area contributed by atoms with E-state index in [4.69, 9.17) is 0 Å². The molecular weight excluding hydrogens is 362 g/mol. The largest absolute Gasteiger partial charge is 3.00 e. The molecule has 0 spiro atoms. The Labute approximate surface area is 124 Å². The number of fused-ring (bicyclic) bond motifs is 1. The second-order valence-electron chi connectivity index (χ2n) is 2.78. The van der Waals surface area contributed by atoms with Gasteiger partial charge >= 0.3 is 26.2 Å². The Morgan fingerprint density at radius 3 is 2.43 bits per heavy atom. The van der Waals surface area contributed by atoms with Crippen LogP contribution in [0.3, 0.4) is 0 Å². The van der Waals surface area contributed by atoms with Crippen molar-refractivity contribution in [3.63, 3.8) is 0 Å². The van der Waals surface area contributed by atoms with Gasteiger partial charge in [-0.1, -0.05) is 28.9 Å².